The van der Waals surface area contributed by atoms with Crippen LogP contribution >= 0.6 is 0 Å². The molecule has 0 aliphatic rings. The monoisotopic (exact) mass is 279 g/mol. The number of carbonyl (C=O) groups excluding carboxylic acids is 1. The largest absolute Gasteiger partial charge is 0.479 e. The molecule has 1 aromatic carbocycles. The van der Waals surface area contributed by atoms with Gasteiger partial charge in [0, 0.05) is 5.41 Å². The summed E-state index contributed by atoms with van der Waals surface area (Å²) in [7, 11) is 0. The van der Waals surface area contributed by atoms with Crippen molar-refractivity contribution in [2.75, 3.05) is 0 Å². The maximum absolute atomic E-state index is 12.0. The van der Waals surface area contributed by atoms with Crippen LogP contribution in [0.3, 0.4) is 0 Å². The molecule has 0 saturated carbocycles. The van der Waals surface area contributed by atoms with Gasteiger partial charge in [-0.05, 0) is 12.0 Å². The van der Waals surface area contributed by atoms with Crippen LogP contribution in [0.2, 0.25) is 0 Å². The first kappa shape index (κ1) is 16.2. The van der Waals surface area contributed by atoms with E-state index in [9.17, 15) is 14.7 Å². The number of hydrogen-bond acceptors (Lipinski definition) is 3. The first-order valence-electron chi connectivity index (χ1n) is 6.47. The molecule has 0 spiro atoms. The van der Waals surface area contributed by atoms with Crippen molar-refractivity contribution in [2.24, 2.45) is 5.41 Å². The number of nitrogens with one attached hydrogen (secondary N) is 1. The molecule has 110 valence electrons. The van der Waals surface area contributed by atoms with Crippen molar-refractivity contribution in [1.82, 2.24) is 5.32 Å². The number of carbonyl (C=O) groups is 2. The Morgan fingerprint density at radius 1 is 1.20 bits per heavy atom. The second kappa shape index (κ2) is 6.52. The Kier molecular flexibility index (Phi) is 5.27. The highest BCUT2D eigenvalue weighted by molar-refractivity contribution is 5.83. The lowest BCUT2D eigenvalue weighted by atomic mass is 9.93. The maximum Gasteiger partial charge on any atom is 0.334 e. The van der Waals surface area contributed by atoms with Crippen LogP contribution in [0.25, 0.3) is 0 Å². The minimum Gasteiger partial charge on any atom is -0.479 e. The molecule has 0 saturated heterocycles. The van der Waals surface area contributed by atoms with Crippen LogP contribution in [-0.2, 0) is 16.0 Å². The van der Waals surface area contributed by atoms with E-state index in [1.54, 1.807) is 20.8 Å². The van der Waals surface area contributed by atoms with E-state index in [2.05, 4.69) is 5.32 Å². The number of benzene rings is 1. The minimum atomic E-state index is -1.64. The first-order valence-corrected chi connectivity index (χ1v) is 6.47. The molecule has 5 heteroatoms. The van der Waals surface area contributed by atoms with E-state index in [0.29, 0.717) is 0 Å². The molecule has 0 heterocycles. The van der Waals surface area contributed by atoms with E-state index in [-0.39, 0.29) is 12.3 Å². The van der Waals surface area contributed by atoms with Crippen molar-refractivity contribution in [3.63, 3.8) is 0 Å². The van der Waals surface area contributed by atoms with Crippen molar-refractivity contribution in [3.8, 4) is 0 Å². The lowest BCUT2D eigenvalue weighted by Crippen LogP contribution is -2.51. The van der Waals surface area contributed by atoms with Gasteiger partial charge >= 0.3 is 5.97 Å². The van der Waals surface area contributed by atoms with Gasteiger partial charge in [-0.1, -0.05) is 51.1 Å². The zero-order valence-electron chi connectivity index (χ0n) is 12.0. The summed E-state index contributed by atoms with van der Waals surface area (Å²) in [5.74, 6) is -1.64. The smallest absolute Gasteiger partial charge is 0.334 e. The second-order valence-corrected chi connectivity index (χ2v) is 5.80. The number of amides is 1. The Bertz CT molecular complexity index is 465. The van der Waals surface area contributed by atoms with E-state index >= 15 is 0 Å². The van der Waals surface area contributed by atoms with Gasteiger partial charge in [0.25, 0.3) is 0 Å². The van der Waals surface area contributed by atoms with Crippen LogP contribution in [0.1, 0.15) is 26.3 Å². The Morgan fingerprint density at radius 3 is 2.20 bits per heavy atom. The summed E-state index contributed by atoms with van der Waals surface area (Å²) in [5, 5.41) is 21.3. The Labute approximate surface area is 118 Å². The highest BCUT2D eigenvalue weighted by atomic mass is 16.4. The molecule has 2 atom stereocenters. The highest BCUT2D eigenvalue weighted by Crippen LogP contribution is 2.15. The number of hydrogen-bond donors (Lipinski definition) is 3. The topological polar surface area (TPSA) is 86.6 Å². The van der Waals surface area contributed by atoms with E-state index < -0.39 is 23.5 Å². The third kappa shape index (κ3) is 4.66. The Morgan fingerprint density at radius 2 is 1.75 bits per heavy atom. The summed E-state index contributed by atoms with van der Waals surface area (Å²) in [4.78, 5) is 22.9. The predicted octanol–water partition coefficient (Wildman–Crippen LogP) is 1.21. The molecule has 0 aliphatic carbocycles. The quantitative estimate of drug-likeness (QED) is 0.756. The molecule has 3 N–H and O–H groups in total. The molecule has 0 unspecified atom stereocenters. The van der Waals surface area contributed by atoms with Crippen LogP contribution in [0.15, 0.2) is 30.3 Å². The van der Waals surface area contributed by atoms with E-state index in [1.807, 2.05) is 30.3 Å². The van der Waals surface area contributed by atoms with Gasteiger partial charge in [-0.15, -0.1) is 0 Å². The summed E-state index contributed by atoms with van der Waals surface area (Å²) >= 11 is 0. The Hall–Kier alpha value is -1.88. The fourth-order valence-electron chi connectivity index (χ4n) is 1.67. The zero-order valence-corrected chi connectivity index (χ0v) is 12.0. The highest BCUT2D eigenvalue weighted by Gasteiger charge is 2.31. The third-order valence-electron chi connectivity index (χ3n) is 2.93. The number of aliphatic hydroxyl groups is 1. The summed E-state index contributed by atoms with van der Waals surface area (Å²) in [5.41, 5.74) is 0.208. The van der Waals surface area contributed by atoms with Crippen molar-refractivity contribution >= 4 is 11.9 Å². The average molecular weight is 279 g/mol. The summed E-state index contributed by atoms with van der Waals surface area (Å²) in [6.07, 6.45) is -1.38. The van der Waals surface area contributed by atoms with Gasteiger partial charge in [0.05, 0.1) is 6.04 Å². The van der Waals surface area contributed by atoms with Crippen LogP contribution in [0.4, 0.5) is 0 Å². The second-order valence-electron chi connectivity index (χ2n) is 5.80. The molecule has 1 amide bonds. The van der Waals surface area contributed by atoms with Crippen molar-refractivity contribution in [3.05, 3.63) is 35.9 Å². The number of carboxylic acids is 1. The lowest BCUT2D eigenvalue weighted by molar-refractivity contribution is -0.149. The van der Waals surface area contributed by atoms with E-state index in [4.69, 9.17) is 5.11 Å². The molecule has 20 heavy (non-hydrogen) atoms. The SMILES string of the molecule is CC(C)(C)C(=O)N[C@@H](Cc1ccccc1)[C@H](O)C(=O)O. The van der Waals surface area contributed by atoms with Gasteiger partial charge in [0.2, 0.25) is 5.91 Å². The molecule has 1 aromatic rings. The fraction of sp³-hybridized carbons (Fsp3) is 0.467. The van der Waals surface area contributed by atoms with Crippen LogP contribution in [0, 0.1) is 5.41 Å². The van der Waals surface area contributed by atoms with Gasteiger partial charge in [0.15, 0.2) is 6.10 Å². The normalized spacial score (nSPS) is 14.4. The maximum atomic E-state index is 12.0. The molecule has 0 fully saturated rings. The predicted molar refractivity (Wildman–Crippen MR) is 75.2 cm³/mol. The Balaban J connectivity index is 2.86. The number of aliphatic carboxylic acids is 1. The average Bonchev–Trinajstić information content (AvgIpc) is 2.37. The van der Waals surface area contributed by atoms with Crippen molar-refractivity contribution in [2.45, 2.75) is 39.3 Å². The van der Waals surface area contributed by atoms with Gasteiger partial charge < -0.3 is 15.5 Å². The molecular formula is C15H21NO4. The van der Waals surface area contributed by atoms with Crippen LogP contribution in [-0.4, -0.2) is 34.2 Å². The third-order valence-corrected chi connectivity index (χ3v) is 2.93. The number of carboxylic acid groups (broad SMARTS) is 1. The van der Waals surface area contributed by atoms with Gasteiger partial charge in [-0.25, -0.2) is 4.79 Å². The lowest BCUT2D eigenvalue weighted by Gasteiger charge is -2.26. The molecule has 0 aliphatic heterocycles. The number of rotatable bonds is 5. The van der Waals surface area contributed by atoms with E-state index in [0.717, 1.165) is 5.56 Å². The zero-order chi connectivity index (χ0) is 15.3. The summed E-state index contributed by atoms with van der Waals surface area (Å²) < 4.78 is 0. The molecular weight excluding hydrogens is 258 g/mol. The fourth-order valence-corrected chi connectivity index (χ4v) is 1.67. The first-order chi connectivity index (χ1) is 9.21. The van der Waals surface area contributed by atoms with Gasteiger partial charge in [-0.3, -0.25) is 4.79 Å². The van der Waals surface area contributed by atoms with Crippen molar-refractivity contribution in [1.29, 1.82) is 0 Å². The molecule has 0 radical (unpaired) electrons. The van der Waals surface area contributed by atoms with Crippen molar-refractivity contribution < 1.29 is 19.8 Å². The van der Waals surface area contributed by atoms with Gasteiger partial charge in [-0.2, -0.15) is 0 Å². The molecule has 0 bridgehead atoms. The number of aliphatic hydroxyl groups excluding tert-OH is 1. The van der Waals surface area contributed by atoms with E-state index in [1.165, 1.54) is 0 Å². The summed E-state index contributed by atoms with van der Waals surface area (Å²) in [6.45, 7) is 5.19. The molecule has 1 rings (SSSR count). The van der Waals surface area contributed by atoms with Crippen LogP contribution < -0.4 is 5.32 Å². The molecule has 0 aromatic heterocycles. The minimum absolute atomic E-state index is 0.260. The van der Waals surface area contributed by atoms with Crippen LogP contribution in [0.5, 0.6) is 0 Å². The van der Waals surface area contributed by atoms with Gasteiger partial charge in [0.1, 0.15) is 0 Å². The summed E-state index contributed by atoms with van der Waals surface area (Å²) in [6, 6.07) is 8.28. The molecule has 5 nitrogen and oxygen atoms in total. The standard InChI is InChI=1S/C15H21NO4/c1-15(2,3)14(20)16-11(12(17)13(18)19)9-10-7-5-4-6-8-10/h4-8,11-12,17H,9H2,1-3H3,(H,16,20)(H,18,19)/t11-,12-/m0/s1.